The minimum atomic E-state index is 0.0995. The molecule has 1 aliphatic heterocycles. The highest BCUT2D eigenvalue weighted by Gasteiger charge is 2.25. The second kappa shape index (κ2) is 6.08. The molecule has 1 atom stereocenters. The minimum absolute atomic E-state index is 0.0995. The molecule has 1 aliphatic rings. The maximum atomic E-state index is 11.9. The first-order valence-electron chi connectivity index (χ1n) is 6.02. The van der Waals surface area contributed by atoms with Crippen molar-refractivity contribution in [2.24, 2.45) is 0 Å². The quantitative estimate of drug-likeness (QED) is 0.532. The normalized spacial score (nSPS) is 18.5. The van der Waals surface area contributed by atoms with E-state index >= 15 is 0 Å². The van der Waals surface area contributed by atoms with Crippen LogP contribution >= 0.6 is 0 Å². The van der Waals surface area contributed by atoms with E-state index in [0.29, 0.717) is 5.91 Å². The first-order chi connectivity index (χ1) is 7.11. The smallest absolute Gasteiger partial charge is 0.280 e. The van der Waals surface area contributed by atoms with Gasteiger partial charge in [-0.15, -0.1) is 0 Å². The summed E-state index contributed by atoms with van der Waals surface area (Å²) in [5.41, 5.74) is 0. The zero-order valence-corrected chi connectivity index (χ0v) is 10.3. The fraction of sp³-hybridized carbons (Fsp3) is 0.909. The number of nitrogens with one attached hydrogen (secondary N) is 1. The topological polar surface area (TPSA) is 41.4 Å². The van der Waals surface area contributed by atoms with Gasteiger partial charge in [0.25, 0.3) is 5.91 Å². The number of likely N-dealkylation sites (N-methyl/N-ethyl adjacent to an activating group) is 1. The third-order valence-corrected chi connectivity index (χ3v) is 2.97. The number of nitrogens with two attached hydrogens (primary N) is 1. The number of hydrogen-bond acceptors (Lipinski definition) is 1. The van der Waals surface area contributed by atoms with Crippen molar-refractivity contribution in [1.82, 2.24) is 4.90 Å². The third-order valence-electron chi connectivity index (χ3n) is 2.97. The van der Waals surface area contributed by atoms with Gasteiger partial charge in [-0.05, 0) is 19.8 Å². The fourth-order valence-electron chi connectivity index (χ4n) is 1.95. The molecular weight excluding hydrogens is 190 g/mol. The number of carbonyl (C=O) groups excluding carboxylic acids is 1. The lowest BCUT2D eigenvalue weighted by Gasteiger charge is -2.19. The van der Waals surface area contributed by atoms with Crippen molar-refractivity contribution in [2.45, 2.75) is 25.8 Å². The number of rotatable bonds is 5. The Bertz CT molecular complexity index is 200. The zero-order valence-electron chi connectivity index (χ0n) is 10.3. The Kier molecular flexibility index (Phi) is 5.05. The van der Waals surface area contributed by atoms with Crippen LogP contribution in [0.15, 0.2) is 0 Å². The molecule has 1 saturated heterocycles. The van der Waals surface area contributed by atoms with Crippen molar-refractivity contribution < 1.29 is 15.0 Å². The average molecular weight is 215 g/mol. The zero-order chi connectivity index (χ0) is 11.3. The first kappa shape index (κ1) is 12.5. The maximum Gasteiger partial charge on any atom is 0.280 e. The lowest BCUT2D eigenvalue weighted by molar-refractivity contribution is -0.875. The van der Waals surface area contributed by atoms with Gasteiger partial charge in [-0.3, -0.25) is 4.79 Å². The van der Waals surface area contributed by atoms with Gasteiger partial charge in [0.15, 0.2) is 6.04 Å². The second-order valence-electron chi connectivity index (χ2n) is 4.80. The molecular formula is C11H25N3O+2. The van der Waals surface area contributed by atoms with Crippen LogP contribution < -0.4 is 10.2 Å². The van der Waals surface area contributed by atoms with E-state index in [1.807, 2.05) is 11.8 Å². The first-order valence-corrected chi connectivity index (χ1v) is 6.02. The molecule has 0 unspecified atom stereocenters. The predicted octanol–water partition coefficient (Wildman–Crippen LogP) is -2.29. The van der Waals surface area contributed by atoms with Crippen LogP contribution in [-0.2, 0) is 4.79 Å². The highest BCUT2D eigenvalue weighted by atomic mass is 16.2. The molecule has 88 valence electrons. The molecule has 0 radical (unpaired) electrons. The summed E-state index contributed by atoms with van der Waals surface area (Å²) in [4.78, 5) is 15.3. The van der Waals surface area contributed by atoms with Crippen molar-refractivity contribution in [3.8, 4) is 0 Å². The van der Waals surface area contributed by atoms with E-state index < -0.39 is 0 Å². The highest BCUT2D eigenvalue weighted by molar-refractivity contribution is 5.80. The molecule has 0 aromatic carbocycles. The van der Waals surface area contributed by atoms with E-state index in [1.165, 1.54) is 17.7 Å². The molecule has 4 nitrogen and oxygen atoms in total. The predicted molar refractivity (Wildman–Crippen MR) is 59.7 cm³/mol. The molecule has 1 heterocycles. The average Bonchev–Trinajstić information content (AvgIpc) is 2.68. The molecule has 3 N–H and O–H groups in total. The van der Waals surface area contributed by atoms with Crippen molar-refractivity contribution in [3.05, 3.63) is 0 Å². The largest absolute Gasteiger partial charge is 0.338 e. The Morgan fingerprint density at radius 1 is 1.40 bits per heavy atom. The molecule has 15 heavy (non-hydrogen) atoms. The molecule has 0 aromatic rings. The summed E-state index contributed by atoms with van der Waals surface area (Å²) >= 11 is 0. The molecule has 4 heteroatoms. The van der Waals surface area contributed by atoms with E-state index in [-0.39, 0.29) is 6.04 Å². The van der Waals surface area contributed by atoms with E-state index in [9.17, 15) is 4.79 Å². The SMILES string of the molecule is C[C@@H]([NH2+]CC[NH+](C)C)C(=O)N1CCCC1. The van der Waals surface area contributed by atoms with Crippen LogP contribution in [0.4, 0.5) is 0 Å². The van der Waals surface area contributed by atoms with Crippen LogP contribution in [0.3, 0.4) is 0 Å². The van der Waals surface area contributed by atoms with Crippen LogP contribution in [0.5, 0.6) is 0 Å². The van der Waals surface area contributed by atoms with E-state index in [4.69, 9.17) is 0 Å². The Morgan fingerprint density at radius 3 is 2.53 bits per heavy atom. The van der Waals surface area contributed by atoms with Crippen LogP contribution in [0.1, 0.15) is 19.8 Å². The second-order valence-corrected chi connectivity index (χ2v) is 4.80. The molecule has 0 aromatic heterocycles. The van der Waals surface area contributed by atoms with Gasteiger partial charge in [-0.25, -0.2) is 0 Å². The summed E-state index contributed by atoms with van der Waals surface area (Å²) in [5.74, 6) is 0.321. The van der Waals surface area contributed by atoms with Crippen LogP contribution in [-0.4, -0.2) is 57.1 Å². The van der Waals surface area contributed by atoms with Gasteiger partial charge in [0.1, 0.15) is 13.1 Å². The van der Waals surface area contributed by atoms with E-state index in [2.05, 4.69) is 19.4 Å². The van der Waals surface area contributed by atoms with Gasteiger partial charge in [0.05, 0.1) is 14.1 Å². The Hall–Kier alpha value is -0.610. The lowest BCUT2D eigenvalue weighted by Crippen LogP contribution is -3.10. The summed E-state index contributed by atoms with van der Waals surface area (Å²) in [7, 11) is 4.28. The lowest BCUT2D eigenvalue weighted by atomic mass is 10.3. The van der Waals surface area contributed by atoms with Gasteiger partial charge >= 0.3 is 0 Å². The summed E-state index contributed by atoms with van der Waals surface area (Å²) in [6, 6.07) is 0.0995. The van der Waals surface area contributed by atoms with Crippen molar-refractivity contribution in [3.63, 3.8) is 0 Å². The Morgan fingerprint density at radius 2 is 2.00 bits per heavy atom. The van der Waals surface area contributed by atoms with Gasteiger partial charge in [0, 0.05) is 13.1 Å². The molecule has 0 aliphatic carbocycles. The Balaban J connectivity index is 2.20. The van der Waals surface area contributed by atoms with Gasteiger partial charge in [-0.1, -0.05) is 0 Å². The van der Waals surface area contributed by atoms with Gasteiger partial charge in [-0.2, -0.15) is 0 Å². The minimum Gasteiger partial charge on any atom is -0.338 e. The van der Waals surface area contributed by atoms with E-state index in [1.54, 1.807) is 0 Å². The number of amides is 1. The summed E-state index contributed by atoms with van der Waals surface area (Å²) in [5, 5.41) is 2.16. The summed E-state index contributed by atoms with van der Waals surface area (Å²) < 4.78 is 0. The standard InChI is InChI=1S/C11H23N3O/c1-10(12-6-9-13(2)3)11(15)14-7-4-5-8-14/h10,12H,4-9H2,1-3H3/p+2/t10-/m1/s1. The number of quaternary nitrogens is 2. The monoisotopic (exact) mass is 215 g/mol. The van der Waals surface area contributed by atoms with Crippen molar-refractivity contribution in [2.75, 3.05) is 40.3 Å². The molecule has 0 bridgehead atoms. The van der Waals surface area contributed by atoms with Crippen LogP contribution in [0.25, 0.3) is 0 Å². The van der Waals surface area contributed by atoms with Crippen molar-refractivity contribution >= 4 is 5.91 Å². The van der Waals surface area contributed by atoms with Gasteiger partial charge in [0.2, 0.25) is 0 Å². The number of nitrogens with zero attached hydrogens (tertiary/aromatic N) is 1. The number of carbonyl (C=O) groups is 1. The fourth-order valence-corrected chi connectivity index (χ4v) is 1.95. The summed E-state index contributed by atoms with van der Waals surface area (Å²) in [6.45, 7) is 6.10. The molecule has 1 rings (SSSR count). The number of hydrogen-bond donors (Lipinski definition) is 2. The summed E-state index contributed by atoms with van der Waals surface area (Å²) in [6.07, 6.45) is 2.36. The molecule has 0 spiro atoms. The Labute approximate surface area is 92.6 Å². The van der Waals surface area contributed by atoms with E-state index in [0.717, 1.165) is 26.2 Å². The van der Waals surface area contributed by atoms with Crippen molar-refractivity contribution in [1.29, 1.82) is 0 Å². The van der Waals surface area contributed by atoms with Crippen LogP contribution in [0.2, 0.25) is 0 Å². The highest BCUT2D eigenvalue weighted by Crippen LogP contribution is 2.07. The third kappa shape index (κ3) is 4.18. The number of likely N-dealkylation sites (tertiary alicyclic amines) is 1. The molecule has 0 saturated carbocycles. The van der Waals surface area contributed by atoms with Crippen LogP contribution in [0, 0.1) is 0 Å². The van der Waals surface area contributed by atoms with Gasteiger partial charge < -0.3 is 15.1 Å². The maximum absolute atomic E-state index is 11.9. The molecule has 1 amide bonds. The molecule has 1 fully saturated rings.